The first kappa shape index (κ1) is 15.6. The molecule has 5 aromatic rings. The van der Waals surface area contributed by atoms with Crippen molar-refractivity contribution in [2.24, 2.45) is 0 Å². The molecule has 0 radical (unpaired) electrons. The molecule has 0 saturated carbocycles. The summed E-state index contributed by atoms with van der Waals surface area (Å²) in [6.45, 7) is 3.79. The van der Waals surface area contributed by atoms with Gasteiger partial charge in [-0.15, -0.1) is 0 Å². The van der Waals surface area contributed by atoms with Crippen LogP contribution in [-0.4, -0.2) is 4.98 Å². The van der Waals surface area contributed by atoms with Gasteiger partial charge in [-0.05, 0) is 59.0 Å². The van der Waals surface area contributed by atoms with E-state index in [0.29, 0.717) is 0 Å². The lowest BCUT2D eigenvalue weighted by molar-refractivity contribution is 0.669. The van der Waals surface area contributed by atoms with Crippen LogP contribution in [-0.2, 0) is 0 Å². The maximum atomic E-state index is 8.33. The molecule has 5 rings (SSSR count). The van der Waals surface area contributed by atoms with E-state index in [9.17, 15) is 0 Å². The van der Waals surface area contributed by atoms with Gasteiger partial charge in [-0.25, -0.2) is 0 Å². The molecule has 28 heavy (non-hydrogen) atoms. The summed E-state index contributed by atoms with van der Waals surface area (Å²) in [6, 6.07) is 26.7. The minimum Gasteiger partial charge on any atom is -0.456 e. The largest absolute Gasteiger partial charge is 0.456 e. The molecule has 0 spiro atoms. The van der Waals surface area contributed by atoms with Crippen molar-refractivity contribution in [2.75, 3.05) is 0 Å². The van der Waals surface area contributed by atoms with Crippen molar-refractivity contribution in [3.05, 3.63) is 90.6 Å². The Morgan fingerprint density at radius 3 is 2.50 bits per heavy atom. The van der Waals surface area contributed by atoms with Gasteiger partial charge in [0.2, 0.25) is 0 Å². The van der Waals surface area contributed by atoms with Gasteiger partial charge in [0.25, 0.3) is 0 Å². The van der Waals surface area contributed by atoms with E-state index >= 15 is 0 Å². The molecule has 2 heterocycles. The number of nitrogens with zero attached hydrogens (tertiary/aromatic N) is 1. The predicted octanol–water partition coefficient (Wildman–Crippen LogP) is 7.44. The Bertz CT molecular complexity index is 1330. The van der Waals surface area contributed by atoms with Crippen LogP contribution >= 0.6 is 0 Å². The quantitative estimate of drug-likeness (QED) is 0.332. The first-order chi connectivity index (χ1) is 14.0. The zero-order valence-corrected chi connectivity index (χ0v) is 15.9. The third-order valence-corrected chi connectivity index (χ3v) is 5.21. The first-order valence-electron chi connectivity index (χ1n) is 9.98. The lowest BCUT2D eigenvalue weighted by atomic mass is 9.97. The Balaban J connectivity index is 1.74. The molecular formula is C26H21NO. The van der Waals surface area contributed by atoms with Crippen LogP contribution in [0.3, 0.4) is 0 Å². The lowest BCUT2D eigenvalue weighted by Gasteiger charge is -2.08. The molecule has 2 heteroatoms. The minimum absolute atomic E-state index is 0.662. The van der Waals surface area contributed by atoms with Gasteiger partial charge in [0.1, 0.15) is 11.2 Å². The minimum atomic E-state index is -0.662. The van der Waals surface area contributed by atoms with Gasteiger partial charge in [0, 0.05) is 23.9 Å². The molecule has 2 aromatic heterocycles. The zero-order valence-electron chi connectivity index (χ0n) is 16.9. The fourth-order valence-electron chi connectivity index (χ4n) is 3.74. The maximum Gasteiger partial charge on any atom is 0.136 e. The van der Waals surface area contributed by atoms with E-state index in [0.717, 1.165) is 44.3 Å². The summed E-state index contributed by atoms with van der Waals surface area (Å²) in [5, 5.41) is 2.20. The highest BCUT2D eigenvalue weighted by Crippen LogP contribution is 2.38. The fourth-order valence-corrected chi connectivity index (χ4v) is 3.74. The normalized spacial score (nSPS) is 12.4. The van der Waals surface area contributed by atoms with E-state index in [4.69, 9.17) is 5.79 Å². The van der Waals surface area contributed by atoms with Crippen LogP contribution in [0.4, 0.5) is 0 Å². The van der Waals surface area contributed by atoms with Gasteiger partial charge in [0.15, 0.2) is 0 Å². The summed E-state index contributed by atoms with van der Waals surface area (Å²) in [5.74, 6) is -0.662. The van der Waals surface area contributed by atoms with Crippen LogP contribution in [0.2, 0.25) is 0 Å². The SMILES string of the molecule is [2H]C(C)(C)c1ccnc(-c2ccc3oc4cccc(-c5ccccc5)c4c3c2)c1. The highest BCUT2D eigenvalue weighted by molar-refractivity contribution is 6.13. The molecule has 2 nitrogen and oxygen atoms in total. The number of hydrogen-bond acceptors (Lipinski definition) is 2. The number of aromatic nitrogens is 1. The van der Waals surface area contributed by atoms with Crippen LogP contribution in [0.1, 0.15) is 26.7 Å². The number of rotatable bonds is 3. The van der Waals surface area contributed by atoms with Crippen LogP contribution in [0.5, 0.6) is 0 Å². The molecule has 0 unspecified atom stereocenters. The standard InChI is InChI=1S/C26H21NO/c1-17(2)19-13-14-27-23(16-19)20-11-12-24-22(15-20)26-21(9-6-10-25(26)28-24)18-7-4-3-5-8-18/h3-17H,1-2H3/i17D. The third kappa shape index (κ3) is 2.78. The first-order valence-corrected chi connectivity index (χ1v) is 9.48. The van der Waals surface area contributed by atoms with E-state index in [1.165, 1.54) is 5.56 Å². The molecule has 0 fully saturated rings. The number of furan rings is 1. The summed E-state index contributed by atoms with van der Waals surface area (Å²) in [6.07, 6.45) is 1.79. The zero-order chi connectivity index (χ0) is 20.0. The van der Waals surface area contributed by atoms with Crippen molar-refractivity contribution in [3.63, 3.8) is 0 Å². The van der Waals surface area contributed by atoms with Crippen molar-refractivity contribution >= 4 is 21.9 Å². The van der Waals surface area contributed by atoms with Gasteiger partial charge in [0.05, 0.1) is 5.69 Å². The number of pyridine rings is 1. The Morgan fingerprint density at radius 2 is 1.68 bits per heavy atom. The van der Waals surface area contributed by atoms with Crippen molar-refractivity contribution in [1.82, 2.24) is 4.98 Å². The summed E-state index contributed by atoms with van der Waals surface area (Å²) in [5.41, 5.74) is 6.92. The molecule has 0 aliphatic heterocycles. The Labute approximate surface area is 165 Å². The van der Waals surface area contributed by atoms with Crippen LogP contribution in [0, 0.1) is 0 Å². The molecule has 0 atom stereocenters. The van der Waals surface area contributed by atoms with Crippen molar-refractivity contribution < 1.29 is 5.79 Å². The molecule has 0 saturated heterocycles. The van der Waals surface area contributed by atoms with Crippen molar-refractivity contribution in [2.45, 2.75) is 19.7 Å². The van der Waals surface area contributed by atoms with Crippen molar-refractivity contribution in [3.8, 4) is 22.4 Å². The number of benzene rings is 3. The van der Waals surface area contributed by atoms with E-state index in [1.807, 2.05) is 56.3 Å². The van der Waals surface area contributed by atoms with Gasteiger partial charge < -0.3 is 4.42 Å². The monoisotopic (exact) mass is 364 g/mol. The lowest BCUT2D eigenvalue weighted by Crippen LogP contribution is -1.90. The van der Waals surface area contributed by atoms with E-state index in [1.54, 1.807) is 6.20 Å². The van der Waals surface area contributed by atoms with Gasteiger partial charge in [-0.2, -0.15) is 0 Å². The van der Waals surface area contributed by atoms with Crippen molar-refractivity contribution in [1.29, 1.82) is 0 Å². The molecule has 0 amide bonds. The Hall–Kier alpha value is -3.39. The Kier molecular flexibility index (Phi) is 3.71. The molecule has 3 aromatic carbocycles. The van der Waals surface area contributed by atoms with E-state index in [-0.39, 0.29) is 0 Å². The van der Waals surface area contributed by atoms with Gasteiger partial charge >= 0.3 is 0 Å². The van der Waals surface area contributed by atoms with Crippen LogP contribution < -0.4 is 0 Å². The highest BCUT2D eigenvalue weighted by atomic mass is 16.3. The smallest absolute Gasteiger partial charge is 0.136 e. The molecule has 0 aliphatic rings. The molecule has 0 N–H and O–H groups in total. The molecule has 0 aliphatic carbocycles. The number of hydrogen-bond donors (Lipinski definition) is 0. The maximum absolute atomic E-state index is 8.33. The highest BCUT2D eigenvalue weighted by Gasteiger charge is 2.14. The summed E-state index contributed by atoms with van der Waals surface area (Å²) in [7, 11) is 0. The second-order valence-corrected chi connectivity index (χ2v) is 7.29. The predicted molar refractivity (Wildman–Crippen MR) is 116 cm³/mol. The summed E-state index contributed by atoms with van der Waals surface area (Å²) >= 11 is 0. The van der Waals surface area contributed by atoms with E-state index < -0.39 is 5.89 Å². The average molecular weight is 364 g/mol. The Morgan fingerprint density at radius 1 is 0.821 bits per heavy atom. The summed E-state index contributed by atoms with van der Waals surface area (Å²) in [4.78, 5) is 4.56. The van der Waals surface area contributed by atoms with Crippen LogP contribution in [0.25, 0.3) is 44.3 Å². The topological polar surface area (TPSA) is 26.0 Å². The third-order valence-electron chi connectivity index (χ3n) is 5.21. The number of fused-ring (bicyclic) bond motifs is 3. The molecular weight excluding hydrogens is 342 g/mol. The second kappa shape index (κ2) is 6.65. The van der Waals surface area contributed by atoms with Gasteiger partial charge in [-0.3, -0.25) is 4.98 Å². The van der Waals surface area contributed by atoms with E-state index in [2.05, 4.69) is 41.4 Å². The fraction of sp³-hybridized carbons (Fsp3) is 0.115. The summed E-state index contributed by atoms with van der Waals surface area (Å²) < 4.78 is 14.5. The molecule has 0 bridgehead atoms. The average Bonchev–Trinajstić information content (AvgIpc) is 3.12. The molecule has 136 valence electrons. The van der Waals surface area contributed by atoms with Gasteiger partial charge in [-0.1, -0.05) is 56.3 Å². The van der Waals surface area contributed by atoms with Crippen LogP contribution in [0.15, 0.2) is 89.5 Å². The second-order valence-electron chi connectivity index (χ2n) is 7.29.